The van der Waals surface area contributed by atoms with Gasteiger partial charge in [-0.05, 0) is 43.4 Å². The standard InChI is InChI=1S/C17H23FN4S2.HI/c1-4-19-17(22-10-16-9-20-12(2)24-16)21-8-13-5-6-15(18)7-14(13)11-23-3;/h5-7,9H,4,8,10-11H2,1-3H3,(H2,19,21,22);1H. The number of thioether (sulfide) groups is 1. The molecule has 2 aromatic rings. The Morgan fingerprint density at radius 3 is 2.76 bits per heavy atom. The van der Waals surface area contributed by atoms with Gasteiger partial charge in [0.1, 0.15) is 5.82 Å². The minimum atomic E-state index is -0.197. The molecule has 0 spiro atoms. The van der Waals surface area contributed by atoms with Crippen molar-refractivity contribution in [3.8, 4) is 0 Å². The van der Waals surface area contributed by atoms with Crippen molar-refractivity contribution in [3.63, 3.8) is 0 Å². The summed E-state index contributed by atoms with van der Waals surface area (Å²) in [5.41, 5.74) is 2.05. The molecular weight excluding hydrogens is 470 g/mol. The number of aryl methyl sites for hydroxylation is 1. The molecule has 0 bridgehead atoms. The van der Waals surface area contributed by atoms with Gasteiger partial charge in [0.25, 0.3) is 0 Å². The second kappa shape index (κ2) is 11.7. The first-order valence-electron chi connectivity index (χ1n) is 7.82. The van der Waals surface area contributed by atoms with Gasteiger partial charge in [-0.3, -0.25) is 0 Å². The largest absolute Gasteiger partial charge is 0.357 e. The minimum Gasteiger partial charge on any atom is -0.357 e. The molecule has 4 nitrogen and oxygen atoms in total. The van der Waals surface area contributed by atoms with E-state index in [1.54, 1.807) is 29.2 Å². The Labute approximate surface area is 174 Å². The van der Waals surface area contributed by atoms with E-state index in [-0.39, 0.29) is 29.8 Å². The van der Waals surface area contributed by atoms with E-state index in [1.165, 1.54) is 10.9 Å². The zero-order valence-electron chi connectivity index (χ0n) is 14.6. The molecule has 0 unspecified atom stereocenters. The summed E-state index contributed by atoms with van der Waals surface area (Å²) in [7, 11) is 0. The smallest absolute Gasteiger partial charge is 0.191 e. The van der Waals surface area contributed by atoms with Crippen LogP contribution in [-0.4, -0.2) is 23.7 Å². The fraction of sp³-hybridized carbons (Fsp3) is 0.412. The van der Waals surface area contributed by atoms with Crippen molar-refractivity contribution in [3.05, 3.63) is 51.2 Å². The number of nitrogens with one attached hydrogen (secondary N) is 2. The van der Waals surface area contributed by atoms with Crippen LogP contribution in [0.2, 0.25) is 0 Å². The first kappa shape index (κ1) is 22.2. The van der Waals surface area contributed by atoms with Crippen LogP contribution in [0.25, 0.3) is 0 Å². The zero-order chi connectivity index (χ0) is 17.4. The molecule has 0 amide bonds. The van der Waals surface area contributed by atoms with E-state index in [4.69, 9.17) is 0 Å². The number of aliphatic imine (C=N–C) groups is 1. The van der Waals surface area contributed by atoms with Crippen LogP contribution in [0.15, 0.2) is 29.4 Å². The van der Waals surface area contributed by atoms with E-state index in [0.29, 0.717) is 13.1 Å². The SMILES string of the molecule is CCNC(=NCc1ccc(F)cc1CSC)NCc1cnc(C)s1.I. The van der Waals surface area contributed by atoms with Crippen LogP contribution in [0.5, 0.6) is 0 Å². The number of guanidine groups is 1. The van der Waals surface area contributed by atoms with Gasteiger partial charge >= 0.3 is 0 Å². The Balaban J connectivity index is 0.00000312. The summed E-state index contributed by atoms with van der Waals surface area (Å²) in [4.78, 5) is 10.0. The summed E-state index contributed by atoms with van der Waals surface area (Å²) in [5.74, 6) is 1.34. The monoisotopic (exact) mass is 494 g/mol. The topological polar surface area (TPSA) is 49.3 Å². The first-order chi connectivity index (χ1) is 11.6. The highest BCUT2D eigenvalue weighted by Crippen LogP contribution is 2.17. The van der Waals surface area contributed by atoms with Gasteiger partial charge in [-0.2, -0.15) is 11.8 Å². The fourth-order valence-electron chi connectivity index (χ4n) is 2.20. The predicted molar refractivity (Wildman–Crippen MR) is 118 cm³/mol. The van der Waals surface area contributed by atoms with Gasteiger partial charge in [-0.25, -0.2) is 14.4 Å². The molecule has 0 aliphatic carbocycles. The molecule has 0 aliphatic rings. The van der Waals surface area contributed by atoms with Gasteiger partial charge in [-0.1, -0.05) is 6.07 Å². The fourth-order valence-corrected chi connectivity index (χ4v) is 3.52. The number of nitrogens with zero attached hydrogens (tertiary/aromatic N) is 2. The maximum Gasteiger partial charge on any atom is 0.191 e. The summed E-state index contributed by atoms with van der Waals surface area (Å²) >= 11 is 3.35. The Kier molecular flexibility index (Phi) is 10.4. The van der Waals surface area contributed by atoms with Crippen molar-refractivity contribution < 1.29 is 4.39 Å². The predicted octanol–water partition coefficient (Wildman–Crippen LogP) is 4.33. The van der Waals surface area contributed by atoms with E-state index in [9.17, 15) is 4.39 Å². The molecule has 8 heteroatoms. The van der Waals surface area contributed by atoms with Crippen molar-refractivity contribution in [2.24, 2.45) is 4.99 Å². The third-order valence-corrected chi connectivity index (χ3v) is 4.83. The summed E-state index contributed by atoms with van der Waals surface area (Å²) in [6, 6.07) is 4.91. The van der Waals surface area contributed by atoms with Crippen LogP contribution in [0.4, 0.5) is 4.39 Å². The van der Waals surface area contributed by atoms with E-state index >= 15 is 0 Å². The van der Waals surface area contributed by atoms with Gasteiger partial charge in [-0.15, -0.1) is 35.3 Å². The van der Waals surface area contributed by atoms with Gasteiger partial charge in [0, 0.05) is 23.4 Å². The molecule has 0 fully saturated rings. The molecule has 1 heterocycles. The number of rotatable bonds is 7. The Hall–Kier alpha value is -0.870. The zero-order valence-corrected chi connectivity index (χ0v) is 18.6. The van der Waals surface area contributed by atoms with Crippen LogP contribution in [-0.2, 0) is 18.8 Å². The van der Waals surface area contributed by atoms with Gasteiger partial charge < -0.3 is 10.6 Å². The Morgan fingerprint density at radius 1 is 1.32 bits per heavy atom. The van der Waals surface area contributed by atoms with Crippen LogP contribution < -0.4 is 10.6 Å². The molecule has 0 aliphatic heterocycles. The van der Waals surface area contributed by atoms with Crippen molar-refractivity contribution >= 4 is 53.0 Å². The average Bonchev–Trinajstić information content (AvgIpc) is 2.97. The molecule has 2 N–H and O–H groups in total. The molecule has 0 saturated carbocycles. The van der Waals surface area contributed by atoms with Crippen LogP contribution >= 0.6 is 47.1 Å². The highest BCUT2D eigenvalue weighted by molar-refractivity contribution is 14.0. The first-order valence-corrected chi connectivity index (χ1v) is 10.0. The van der Waals surface area contributed by atoms with Crippen molar-refractivity contribution in [2.75, 3.05) is 12.8 Å². The lowest BCUT2D eigenvalue weighted by atomic mass is 10.1. The molecule has 0 saturated heterocycles. The number of halogens is 2. The molecule has 1 aromatic heterocycles. The summed E-state index contributed by atoms with van der Waals surface area (Å²) in [5, 5.41) is 7.61. The molecule has 2 rings (SSSR count). The maximum atomic E-state index is 13.4. The summed E-state index contributed by atoms with van der Waals surface area (Å²) in [6.07, 6.45) is 3.90. The van der Waals surface area contributed by atoms with Gasteiger partial charge in [0.2, 0.25) is 0 Å². The molecule has 0 radical (unpaired) electrons. The number of hydrogen-bond donors (Lipinski definition) is 2. The van der Waals surface area contributed by atoms with E-state index < -0.39 is 0 Å². The van der Waals surface area contributed by atoms with Gasteiger partial charge in [0.15, 0.2) is 5.96 Å². The summed E-state index contributed by atoms with van der Waals surface area (Å²) in [6.45, 7) is 6.03. The van der Waals surface area contributed by atoms with Crippen molar-refractivity contribution in [1.29, 1.82) is 0 Å². The third-order valence-electron chi connectivity index (χ3n) is 3.32. The second-order valence-electron chi connectivity index (χ2n) is 5.24. The van der Waals surface area contributed by atoms with Crippen LogP contribution in [0.3, 0.4) is 0 Å². The molecular formula is C17H24FIN4S2. The van der Waals surface area contributed by atoms with Crippen LogP contribution in [0.1, 0.15) is 27.9 Å². The lowest BCUT2D eigenvalue weighted by Crippen LogP contribution is -2.36. The second-order valence-corrected chi connectivity index (χ2v) is 7.43. The lowest BCUT2D eigenvalue weighted by Gasteiger charge is -2.11. The van der Waals surface area contributed by atoms with Crippen molar-refractivity contribution in [1.82, 2.24) is 15.6 Å². The maximum absolute atomic E-state index is 13.4. The number of aromatic nitrogens is 1. The average molecular weight is 494 g/mol. The van der Waals surface area contributed by atoms with Crippen molar-refractivity contribution in [2.45, 2.75) is 32.7 Å². The number of hydrogen-bond acceptors (Lipinski definition) is 4. The quantitative estimate of drug-likeness (QED) is 0.342. The van der Waals surface area contributed by atoms with E-state index in [1.807, 2.05) is 32.4 Å². The third kappa shape index (κ3) is 7.49. The Bertz CT molecular complexity index is 691. The molecule has 138 valence electrons. The highest BCUT2D eigenvalue weighted by Gasteiger charge is 2.05. The normalized spacial score (nSPS) is 11.1. The molecule has 0 atom stereocenters. The Morgan fingerprint density at radius 2 is 2.12 bits per heavy atom. The lowest BCUT2D eigenvalue weighted by molar-refractivity contribution is 0.625. The molecule has 1 aromatic carbocycles. The number of benzene rings is 1. The van der Waals surface area contributed by atoms with E-state index in [2.05, 4.69) is 20.6 Å². The summed E-state index contributed by atoms with van der Waals surface area (Å²) < 4.78 is 13.4. The minimum absolute atomic E-state index is 0. The van der Waals surface area contributed by atoms with Gasteiger partial charge in [0.05, 0.1) is 18.1 Å². The van der Waals surface area contributed by atoms with E-state index in [0.717, 1.165) is 34.4 Å². The number of thiazole rings is 1. The molecule has 25 heavy (non-hydrogen) atoms. The highest BCUT2D eigenvalue weighted by atomic mass is 127. The van der Waals surface area contributed by atoms with Crippen LogP contribution in [0, 0.1) is 12.7 Å².